The van der Waals surface area contributed by atoms with E-state index in [1.807, 2.05) is 7.05 Å². The molecule has 2 heterocycles. The van der Waals surface area contributed by atoms with Gasteiger partial charge in [-0.15, -0.1) is 0 Å². The van der Waals surface area contributed by atoms with Gasteiger partial charge in [0.2, 0.25) is 0 Å². The number of aromatic nitrogens is 1. The van der Waals surface area contributed by atoms with Crippen LogP contribution < -0.4 is 16.2 Å². The summed E-state index contributed by atoms with van der Waals surface area (Å²) in [6.45, 7) is 2.91. The first-order valence-electron chi connectivity index (χ1n) is 12.0. The molecular weight excluding hydrogens is 502 g/mol. The summed E-state index contributed by atoms with van der Waals surface area (Å²) in [6, 6.07) is 3.34. The van der Waals surface area contributed by atoms with E-state index in [2.05, 4.69) is 4.90 Å². The van der Waals surface area contributed by atoms with Gasteiger partial charge in [0.05, 0.1) is 22.9 Å². The topological polar surface area (TPSA) is 71.6 Å². The fourth-order valence-corrected chi connectivity index (χ4v) is 6.00. The molecule has 2 aliphatic carbocycles. The number of hydrogen-bond donors (Lipinski definition) is 1. The first kappa shape index (κ1) is 25.6. The lowest BCUT2D eigenvalue weighted by Crippen LogP contribution is -2.43. The largest absolute Gasteiger partial charge is 0.412 e. The number of carbonyl (C=O) groups excluding carboxylic acids is 1. The highest BCUT2D eigenvalue weighted by Crippen LogP contribution is 2.56. The Hall–Kier alpha value is -3.02. The fourth-order valence-electron chi connectivity index (χ4n) is 6.00. The lowest BCUT2D eigenvalue weighted by Gasteiger charge is -2.36. The minimum Gasteiger partial charge on any atom is -0.365 e. The molecule has 5 rings (SSSR count). The number of amides is 1. The molecule has 6 nitrogen and oxygen atoms in total. The molecule has 1 saturated heterocycles. The number of pyridine rings is 1. The number of fused-ring (bicyclic) bond motifs is 1. The zero-order valence-corrected chi connectivity index (χ0v) is 20.1. The summed E-state index contributed by atoms with van der Waals surface area (Å²) >= 11 is 0. The first-order chi connectivity index (χ1) is 17.3. The van der Waals surface area contributed by atoms with E-state index in [1.165, 1.54) is 12.1 Å². The number of hydrogen-bond acceptors (Lipinski definition) is 4. The number of halogens is 6. The monoisotopic (exact) mass is 528 g/mol. The Balaban J connectivity index is 1.66. The lowest BCUT2D eigenvalue weighted by molar-refractivity contribution is -0.180. The quantitative estimate of drug-likeness (QED) is 0.547. The van der Waals surface area contributed by atoms with E-state index in [0.717, 1.165) is 18.3 Å². The summed E-state index contributed by atoms with van der Waals surface area (Å²) in [5.74, 6) is -1.99. The number of likely N-dealkylation sites (tertiary alicyclic amines) is 1. The van der Waals surface area contributed by atoms with E-state index in [-0.39, 0.29) is 47.5 Å². The zero-order valence-electron chi connectivity index (χ0n) is 20.1. The van der Waals surface area contributed by atoms with Crippen molar-refractivity contribution in [3.63, 3.8) is 0 Å². The maximum atomic E-state index is 15.2. The Morgan fingerprint density at radius 2 is 1.76 bits per heavy atom. The molecule has 1 aromatic heterocycles. The number of anilines is 1. The van der Waals surface area contributed by atoms with Gasteiger partial charge in [0.1, 0.15) is 11.4 Å². The number of carbonyl (C=O) groups is 1. The number of benzene rings is 1. The molecule has 37 heavy (non-hydrogen) atoms. The fraction of sp³-hybridized carbons (Fsp3) is 0.520. The van der Waals surface area contributed by atoms with E-state index in [9.17, 15) is 31.5 Å². The highest BCUT2D eigenvalue weighted by Gasteiger charge is 2.65. The lowest BCUT2D eigenvalue weighted by atomic mass is 10.0. The standard InChI is InChI=1S/C25H26F6N4O2/c1-12(13-4-3-5-14(20(13)26)22(27)28)35(21-15-9-33(2)10-16(15)21)18-8-19(36)34(11-17(18)23(32)37)24(6-7-24)25(29,30)31/h3-5,8,11-12,15-16,21-22H,6-7,9-10H2,1-2H3,(H2,32,37)/t12-,15?,16?,21?/m1/s1. The number of rotatable bonds is 7. The predicted octanol–water partition coefficient (Wildman–Crippen LogP) is 4.20. The van der Waals surface area contributed by atoms with Crippen LogP contribution in [-0.2, 0) is 5.54 Å². The van der Waals surface area contributed by atoms with Crippen LogP contribution in [0.5, 0.6) is 0 Å². The molecule has 200 valence electrons. The third kappa shape index (κ3) is 4.00. The molecule has 2 N–H and O–H groups in total. The van der Waals surface area contributed by atoms with Crippen molar-refractivity contribution in [3.8, 4) is 0 Å². The van der Waals surface area contributed by atoms with Gasteiger partial charge in [-0.3, -0.25) is 14.2 Å². The molecule has 1 aromatic carbocycles. The van der Waals surface area contributed by atoms with Crippen molar-refractivity contribution in [2.75, 3.05) is 25.0 Å². The van der Waals surface area contributed by atoms with E-state index >= 15 is 4.39 Å². The smallest absolute Gasteiger partial charge is 0.365 e. The summed E-state index contributed by atoms with van der Waals surface area (Å²) in [5.41, 5.74) is 1.01. The minimum atomic E-state index is -4.71. The molecule has 12 heteroatoms. The minimum absolute atomic E-state index is 0.0249. The molecule has 3 fully saturated rings. The Morgan fingerprint density at radius 1 is 1.16 bits per heavy atom. The van der Waals surface area contributed by atoms with Crippen molar-refractivity contribution in [1.82, 2.24) is 9.47 Å². The molecule has 2 aromatic rings. The van der Waals surface area contributed by atoms with E-state index < -0.39 is 47.0 Å². The van der Waals surface area contributed by atoms with Crippen molar-refractivity contribution in [3.05, 3.63) is 63.3 Å². The van der Waals surface area contributed by atoms with Crippen molar-refractivity contribution >= 4 is 11.6 Å². The van der Waals surface area contributed by atoms with Gasteiger partial charge in [-0.05, 0) is 38.6 Å². The number of primary amides is 1. The predicted molar refractivity (Wildman–Crippen MR) is 123 cm³/mol. The Kier molecular flexibility index (Phi) is 5.89. The van der Waals surface area contributed by atoms with Crippen LogP contribution in [0.2, 0.25) is 0 Å². The highest BCUT2D eigenvalue weighted by atomic mass is 19.4. The van der Waals surface area contributed by atoms with Gasteiger partial charge in [0, 0.05) is 37.0 Å². The second-order valence-electron chi connectivity index (χ2n) is 10.3. The van der Waals surface area contributed by atoms with Gasteiger partial charge < -0.3 is 15.5 Å². The average molecular weight is 528 g/mol. The zero-order chi connectivity index (χ0) is 27.0. The normalized spacial score (nSPS) is 25.2. The van der Waals surface area contributed by atoms with Crippen LogP contribution in [0.3, 0.4) is 0 Å². The van der Waals surface area contributed by atoms with Gasteiger partial charge >= 0.3 is 6.18 Å². The second kappa shape index (κ2) is 8.50. The molecule has 3 atom stereocenters. The summed E-state index contributed by atoms with van der Waals surface area (Å²) in [5, 5.41) is 0. The first-order valence-corrected chi connectivity index (χ1v) is 12.0. The maximum Gasteiger partial charge on any atom is 0.412 e. The van der Waals surface area contributed by atoms with E-state index in [0.29, 0.717) is 17.7 Å². The number of piperidine rings is 1. The Morgan fingerprint density at radius 3 is 2.27 bits per heavy atom. The average Bonchev–Trinajstić information content (AvgIpc) is 3.69. The Labute approximate surface area is 208 Å². The van der Waals surface area contributed by atoms with Crippen LogP contribution in [0.25, 0.3) is 0 Å². The van der Waals surface area contributed by atoms with E-state index in [1.54, 1.807) is 11.8 Å². The third-order valence-electron chi connectivity index (χ3n) is 8.10. The van der Waals surface area contributed by atoms with Crippen molar-refractivity contribution in [1.29, 1.82) is 0 Å². The molecule has 3 aliphatic rings. The van der Waals surface area contributed by atoms with Gasteiger partial charge in [-0.2, -0.15) is 13.2 Å². The molecular formula is C25H26F6N4O2. The van der Waals surface area contributed by atoms with Gasteiger partial charge in [-0.25, -0.2) is 13.2 Å². The van der Waals surface area contributed by atoms with Crippen molar-refractivity contribution in [2.45, 2.75) is 50.0 Å². The van der Waals surface area contributed by atoms with Crippen LogP contribution in [0.1, 0.15) is 53.7 Å². The van der Waals surface area contributed by atoms with Crippen molar-refractivity contribution < 1.29 is 31.1 Å². The van der Waals surface area contributed by atoms with Crippen molar-refractivity contribution in [2.24, 2.45) is 17.6 Å². The number of alkyl halides is 5. The Bertz CT molecular complexity index is 1290. The summed E-state index contributed by atoms with van der Waals surface area (Å²) in [4.78, 5) is 29.3. The molecule has 0 spiro atoms. The van der Waals surface area contributed by atoms with Gasteiger partial charge in [0.15, 0.2) is 0 Å². The van der Waals surface area contributed by atoms with Gasteiger partial charge in [-0.1, -0.05) is 18.2 Å². The number of nitrogens with two attached hydrogens (primary N) is 1. The highest BCUT2D eigenvalue weighted by molar-refractivity contribution is 5.98. The van der Waals surface area contributed by atoms with Crippen LogP contribution in [-0.4, -0.2) is 47.7 Å². The number of nitrogens with zero attached hydrogens (tertiary/aromatic N) is 3. The SMILES string of the molecule is C[C@H](c1cccc(C(F)F)c1F)N(c1cc(=O)n(C2(C(F)(F)F)CC2)cc1C(N)=O)C1C2CN(C)CC21. The van der Waals surface area contributed by atoms with E-state index in [4.69, 9.17) is 5.73 Å². The maximum absolute atomic E-state index is 15.2. The molecule has 2 unspecified atom stereocenters. The summed E-state index contributed by atoms with van der Waals surface area (Å²) < 4.78 is 83.9. The molecule has 1 aliphatic heterocycles. The third-order valence-corrected chi connectivity index (χ3v) is 8.10. The summed E-state index contributed by atoms with van der Waals surface area (Å²) in [7, 11) is 1.92. The summed E-state index contributed by atoms with van der Waals surface area (Å²) in [6.07, 6.45) is -7.54. The molecule has 0 radical (unpaired) electrons. The van der Waals surface area contributed by atoms with Gasteiger partial charge in [0.25, 0.3) is 17.9 Å². The van der Waals surface area contributed by atoms with Crippen LogP contribution >= 0.6 is 0 Å². The van der Waals surface area contributed by atoms with Crippen LogP contribution in [0, 0.1) is 17.7 Å². The second-order valence-corrected chi connectivity index (χ2v) is 10.3. The van der Waals surface area contributed by atoms with Crippen LogP contribution in [0.15, 0.2) is 35.3 Å². The molecule has 1 amide bonds. The molecule has 0 bridgehead atoms. The van der Waals surface area contributed by atoms with Crippen LogP contribution in [0.4, 0.5) is 32.0 Å². The molecule has 2 saturated carbocycles.